The highest BCUT2D eigenvalue weighted by molar-refractivity contribution is 5.25. The molecule has 142 valence electrons. The minimum absolute atomic E-state index is 0.0516. The van der Waals surface area contributed by atoms with Gasteiger partial charge in [0.05, 0.1) is 30.8 Å². The van der Waals surface area contributed by atoms with Crippen molar-refractivity contribution in [3.63, 3.8) is 0 Å². The molecule has 1 N–H and O–H groups in total. The molecule has 5 aliphatic rings. The minimum Gasteiger partial charge on any atom is -0.472 e. The molecule has 2 heterocycles. The highest BCUT2D eigenvalue weighted by atomic mass is 16.5. The van der Waals surface area contributed by atoms with E-state index >= 15 is 0 Å². The maximum atomic E-state index is 10.8. The third-order valence-electron chi connectivity index (χ3n) is 9.92. The van der Waals surface area contributed by atoms with Crippen LogP contribution in [0.4, 0.5) is 0 Å². The Morgan fingerprint density at radius 3 is 2.77 bits per heavy atom. The molecule has 5 fully saturated rings. The molecule has 1 aromatic rings. The molecule has 6 rings (SSSR count). The first kappa shape index (κ1) is 16.2. The van der Waals surface area contributed by atoms with E-state index in [4.69, 9.17) is 9.15 Å². The van der Waals surface area contributed by atoms with Gasteiger partial charge in [-0.05, 0) is 97.0 Å². The van der Waals surface area contributed by atoms with Crippen LogP contribution in [0.25, 0.3) is 0 Å². The van der Waals surface area contributed by atoms with Gasteiger partial charge in [-0.25, -0.2) is 0 Å². The molecule has 0 amide bonds. The van der Waals surface area contributed by atoms with Crippen LogP contribution in [0.1, 0.15) is 70.3 Å². The van der Waals surface area contributed by atoms with Crippen LogP contribution in [0.5, 0.6) is 0 Å². The van der Waals surface area contributed by atoms with E-state index in [1.165, 1.54) is 31.2 Å². The Bertz CT molecular complexity index is 698. The van der Waals surface area contributed by atoms with Gasteiger partial charge in [-0.2, -0.15) is 0 Å². The molecule has 1 aromatic heterocycles. The SMILES string of the molecule is C[C@@]12CC3OC4CC(c5ccoc5)[C@@]5(C)CC[C@@H]1[C@@H](CCC2CC3O)[C@H]45. The predicted molar refractivity (Wildman–Crippen MR) is 98.6 cm³/mol. The first-order valence-electron chi connectivity index (χ1n) is 10.9. The Labute approximate surface area is 156 Å². The molecule has 0 spiro atoms. The van der Waals surface area contributed by atoms with Crippen molar-refractivity contribution < 1.29 is 14.3 Å². The van der Waals surface area contributed by atoms with Gasteiger partial charge < -0.3 is 14.3 Å². The molecule has 26 heavy (non-hydrogen) atoms. The lowest BCUT2D eigenvalue weighted by Gasteiger charge is -2.64. The van der Waals surface area contributed by atoms with E-state index in [9.17, 15) is 5.11 Å². The summed E-state index contributed by atoms with van der Waals surface area (Å²) in [6.07, 6.45) is 12.4. The molecule has 4 saturated carbocycles. The average molecular weight is 357 g/mol. The van der Waals surface area contributed by atoms with Crippen molar-refractivity contribution in [1.82, 2.24) is 0 Å². The number of furan rings is 1. The maximum absolute atomic E-state index is 10.8. The van der Waals surface area contributed by atoms with Crippen LogP contribution in [-0.2, 0) is 4.74 Å². The molecule has 1 aliphatic heterocycles. The van der Waals surface area contributed by atoms with Crippen LogP contribution in [0, 0.1) is 34.5 Å². The summed E-state index contributed by atoms with van der Waals surface area (Å²) in [5, 5.41) is 10.8. The summed E-state index contributed by atoms with van der Waals surface area (Å²) < 4.78 is 12.2. The zero-order valence-corrected chi connectivity index (χ0v) is 16.1. The Morgan fingerprint density at radius 2 is 1.96 bits per heavy atom. The smallest absolute Gasteiger partial charge is 0.0937 e. The Morgan fingerprint density at radius 1 is 1.08 bits per heavy atom. The van der Waals surface area contributed by atoms with Gasteiger partial charge in [-0.1, -0.05) is 13.8 Å². The van der Waals surface area contributed by atoms with Crippen molar-refractivity contribution in [3.8, 4) is 0 Å². The van der Waals surface area contributed by atoms with Crippen molar-refractivity contribution in [1.29, 1.82) is 0 Å². The van der Waals surface area contributed by atoms with Crippen LogP contribution in [-0.4, -0.2) is 23.4 Å². The second-order valence-electron chi connectivity index (χ2n) is 10.7. The Kier molecular flexibility index (Phi) is 3.22. The summed E-state index contributed by atoms with van der Waals surface area (Å²) in [4.78, 5) is 0. The van der Waals surface area contributed by atoms with E-state index in [1.54, 1.807) is 0 Å². The van der Waals surface area contributed by atoms with Crippen LogP contribution in [0.2, 0.25) is 0 Å². The van der Waals surface area contributed by atoms with E-state index in [1.807, 2.05) is 12.5 Å². The second kappa shape index (κ2) is 5.17. The van der Waals surface area contributed by atoms with Crippen molar-refractivity contribution in [3.05, 3.63) is 24.2 Å². The fraction of sp³-hybridized carbons (Fsp3) is 0.826. The number of aliphatic hydroxyl groups excluding tert-OH is 1. The van der Waals surface area contributed by atoms with Gasteiger partial charge in [0.25, 0.3) is 0 Å². The van der Waals surface area contributed by atoms with Gasteiger partial charge in [-0.3, -0.25) is 0 Å². The van der Waals surface area contributed by atoms with E-state index in [0.29, 0.717) is 34.7 Å². The molecular weight excluding hydrogens is 324 g/mol. The fourth-order valence-corrected chi connectivity index (χ4v) is 8.78. The summed E-state index contributed by atoms with van der Waals surface area (Å²) in [6, 6.07) is 2.17. The number of ether oxygens (including phenoxy) is 1. The number of hydrogen-bond donors (Lipinski definition) is 1. The molecule has 4 aliphatic carbocycles. The van der Waals surface area contributed by atoms with Crippen molar-refractivity contribution in [2.45, 2.75) is 83.0 Å². The van der Waals surface area contributed by atoms with Gasteiger partial charge in [0.15, 0.2) is 0 Å². The zero-order valence-electron chi connectivity index (χ0n) is 16.1. The first-order valence-corrected chi connectivity index (χ1v) is 10.9. The molecule has 3 heteroatoms. The Hall–Kier alpha value is -0.800. The van der Waals surface area contributed by atoms with E-state index in [-0.39, 0.29) is 12.2 Å². The normalized spacial score (nSPS) is 57.7. The summed E-state index contributed by atoms with van der Waals surface area (Å²) >= 11 is 0. The van der Waals surface area contributed by atoms with Gasteiger partial charge in [-0.15, -0.1) is 0 Å². The number of hydrogen-bond acceptors (Lipinski definition) is 3. The molecule has 0 aromatic carbocycles. The predicted octanol–water partition coefficient (Wildman–Crippen LogP) is 4.75. The molecule has 0 radical (unpaired) electrons. The van der Waals surface area contributed by atoms with E-state index < -0.39 is 0 Å². The monoisotopic (exact) mass is 356 g/mol. The lowest BCUT2D eigenvalue weighted by molar-refractivity contribution is -0.227. The topological polar surface area (TPSA) is 42.6 Å². The zero-order chi connectivity index (χ0) is 17.7. The summed E-state index contributed by atoms with van der Waals surface area (Å²) in [6.45, 7) is 5.08. The van der Waals surface area contributed by atoms with E-state index in [2.05, 4.69) is 19.9 Å². The molecule has 3 nitrogen and oxygen atoms in total. The second-order valence-corrected chi connectivity index (χ2v) is 10.7. The summed E-state index contributed by atoms with van der Waals surface area (Å²) in [7, 11) is 0. The Balaban J connectivity index is 1.48. The van der Waals surface area contributed by atoms with Crippen LogP contribution in [0.3, 0.4) is 0 Å². The van der Waals surface area contributed by atoms with Gasteiger partial charge in [0, 0.05) is 0 Å². The number of aliphatic hydroxyl groups is 1. The van der Waals surface area contributed by atoms with Gasteiger partial charge in [0.1, 0.15) is 0 Å². The fourth-order valence-electron chi connectivity index (χ4n) is 8.78. The number of fused-ring (bicyclic) bond motifs is 1. The summed E-state index contributed by atoms with van der Waals surface area (Å²) in [5.74, 6) is 3.54. The largest absolute Gasteiger partial charge is 0.472 e. The van der Waals surface area contributed by atoms with Crippen LogP contribution in [0.15, 0.2) is 23.0 Å². The van der Waals surface area contributed by atoms with E-state index in [0.717, 1.165) is 31.1 Å². The molecule has 5 unspecified atom stereocenters. The highest BCUT2D eigenvalue weighted by Crippen LogP contribution is 2.71. The van der Waals surface area contributed by atoms with Gasteiger partial charge >= 0.3 is 0 Å². The lowest BCUT2D eigenvalue weighted by atomic mass is 9.43. The van der Waals surface area contributed by atoms with Crippen LogP contribution < -0.4 is 0 Å². The molecular formula is C23H32O3. The lowest BCUT2D eigenvalue weighted by Crippen LogP contribution is -2.61. The quantitative estimate of drug-likeness (QED) is 0.789. The average Bonchev–Trinajstić information content (AvgIpc) is 3.21. The third-order valence-corrected chi connectivity index (χ3v) is 9.92. The first-order chi connectivity index (χ1) is 12.5. The molecule has 5 bridgehead atoms. The molecule has 10 atom stereocenters. The van der Waals surface area contributed by atoms with Crippen molar-refractivity contribution in [2.24, 2.45) is 34.5 Å². The highest BCUT2D eigenvalue weighted by Gasteiger charge is 2.66. The van der Waals surface area contributed by atoms with Crippen LogP contribution >= 0.6 is 0 Å². The third kappa shape index (κ3) is 1.87. The standard InChI is InChI=1S/C23H32O3/c1-22-7-5-16-15-4-3-14-9-18(24)20(11-23(14,16)2)26-19(21(15)22)10-17(22)13-6-8-25-12-13/h6,8,12,14-21,24H,3-5,7,9-11H2,1-2H3/t14?,15-,16-,17?,18?,19?,20?,21-,22-,23+/m1/s1. The van der Waals surface area contributed by atoms with Crippen molar-refractivity contribution in [2.75, 3.05) is 0 Å². The number of rotatable bonds is 1. The summed E-state index contributed by atoms with van der Waals surface area (Å²) in [5.41, 5.74) is 2.06. The minimum atomic E-state index is -0.261. The van der Waals surface area contributed by atoms with Gasteiger partial charge in [0.2, 0.25) is 0 Å². The maximum Gasteiger partial charge on any atom is 0.0937 e. The molecule has 1 saturated heterocycles. The van der Waals surface area contributed by atoms with Crippen molar-refractivity contribution >= 4 is 0 Å².